The van der Waals surface area contributed by atoms with E-state index in [1.807, 2.05) is 27.7 Å². The number of nitrogens with zero attached hydrogens (tertiary/aromatic N) is 2. The fraction of sp³-hybridized carbons (Fsp3) is 0.421. The fourth-order valence-electron chi connectivity index (χ4n) is 2.12. The number of anilines is 4. The molecule has 2 aromatic rings. The first-order valence-corrected chi connectivity index (χ1v) is 8.81. The zero-order chi connectivity index (χ0) is 20.0. The molecular weight excluding hydrogens is 349 g/mol. The van der Waals surface area contributed by atoms with Gasteiger partial charge >= 0.3 is 0 Å². The molecule has 1 unspecified atom stereocenters. The van der Waals surface area contributed by atoms with Crippen molar-refractivity contribution in [2.75, 3.05) is 22.6 Å². The second-order valence-electron chi connectivity index (χ2n) is 7.23. The number of aromatic nitrogens is 2. The average Bonchev–Trinajstić information content (AvgIpc) is 2.61. The van der Waals surface area contributed by atoms with Crippen molar-refractivity contribution in [1.29, 1.82) is 0 Å². The summed E-state index contributed by atoms with van der Waals surface area (Å²) >= 11 is 0. The molecule has 0 aliphatic rings. The first kappa shape index (κ1) is 20.6. The van der Waals surface area contributed by atoms with Crippen molar-refractivity contribution < 1.29 is 14.3 Å². The minimum atomic E-state index is -0.598. The second kappa shape index (κ2) is 8.77. The van der Waals surface area contributed by atoms with Gasteiger partial charge in [0.05, 0.1) is 18.8 Å². The van der Waals surface area contributed by atoms with Crippen molar-refractivity contribution in [3.63, 3.8) is 0 Å². The van der Waals surface area contributed by atoms with E-state index in [-0.39, 0.29) is 30.3 Å². The number of benzene rings is 1. The van der Waals surface area contributed by atoms with Gasteiger partial charge in [-0.3, -0.25) is 4.79 Å². The highest BCUT2D eigenvalue weighted by atomic mass is 19.1. The number of aliphatic hydroxyl groups is 1. The minimum absolute atomic E-state index is 0.0191. The maximum Gasteiger partial charge on any atom is 0.229 e. The predicted octanol–water partition coefficient (Wildman–Crippen LogP) is 3.53. The van der Waals surface area contributed by atoms with Crippen LogP contribution in [0.15, 0.2) is 30.5 Å². The summed E-state index contributed by atoms with van der Waals surface area (Å²) in [7, 11) is 0. The number of hydrogen-bond acceptors (Lipinski definition) is 6. The van der Waals surface area contributed by atoms with E-state index in [4.69, 9.17) is 0 Å². The fourth-order valence-corrected chi connectivity index (χ4v) is 2.12. The van der Waals surface area contributed by atoms with Gasteiger partial charge in [-0.25, -0.2) is 9.37 Å². The molecule has 1 heterocycles. The van der Waals surface area contributed by atoms with Gasteiger partial charge in [0.15, 0.2) is 11.6 Å². The molecule has 4 N–H and O–H groups in total. The molecule has 0 saturated carbocycles. The quantitative estimate of drug-likeness (QED) is 0.591. The van der Waals surface area contributed by atoms with Gasteiger partial charge in [0, 0.05) is 16.8 Å². The molecule has 0 fully saturated rings. The third-order valence-electron chi connectivity index (χ3n) is 3.86. The highest BCUT2D eigenvalue weighted by molar-refractivity contribution is 5.94. The zero-order valence-electron chi connectivity index (χ0n) is 16.0. The van der Waals surface area contributed by atoms with Gasteiger partial charge in [-0.15, -0.1) is 0 Å². The zero-order valence-corrected chi connectivity index (χ0v) is 16.0. The first-order chi connectivity index (χ1) is 12.7. The van der Waals surface area contributed by atoms with Gasteiger partial charge in [-0.05, 0) is 24.6 Å². The molecule has 7 nitrogen and oxygen atoms in total. The van der Waals surface area contributed by atoms with Crippen LogP contribution in [0.2, 0.25) is 0 Å². The summed E-state index contributed by atoms with van der Waals surface area (Å²) in [5.74, 6) is -0.478. The Morgan fingerprint density at radius 3 is 2.63 bits per heavy atom. The summed E-state index contributed by atoms with van der Waals surface area (Å²) in [6.07, 6.45) is 1.69. The van der Waals surface area contributed by atoms with Gasteiger partial charge in [-0.2, -0.15) is 4.98 Å². The van der Waals surface area contributed by atoms with Crippen LogP contribution in [0.3, 0.4) is 0 Å². The number of rotatable bonds is 7. The molecule has 0 saturated heterocycles. The summed E-state index contributed by atoms with van der Waals surface area (Å²) in [6.45, 7) is 7.26. The Morgan fingerprint density at radius 1 is 1.30 bits per heavy atom. The number of amides is 1. The Morgan fingerprint density at radius 2 is 2.00 bits per heavy atom. The largest absolute Gasteiger partial charge is 0.394 e. The van der Waals surface area contributed by atoms with Crippen LogP contribution in [0.25, 0.3) is 0 Å². The van der Waals surface area contributed by atoms with Crippen LogP contribution in [0.1, 0.15) is 34.1 Å². The Hall–Kier alpha value is -2.74. The molecule has 0 spiro atoms. The van der Waals surface area contributed by atoms with Crippen LogP contribution in [0.5, 0.6) is 0 Å². The Bertz CT molecular complexity index is 788. The van der Waals surface area contributed by atoms with E-state index < -0.39 is 11.2 Å². The summed E-state index contributed by atoms with van der Waals surface area (Å²) in [4.78, 5) is 20.2. The van der Waals surface area contributed by atoms with Crippen molar-refractivity contribution in [3.05, 3.63) is 36.3 Å². The van der Waals surface area contributed by atoms with E-state index in [9.17, 15) is 14.3 Å². The molecule has 2 rings (SSSR count). The molecular formula is C19H26FN5O2. The smallest absolute Gasteiger partial charge is 0.229 e. The van der Waals surface area contributed by atoms with E-state index >= 15 is 0 Å². The molecule has 0 radical (unpaired) electrons. The van der Waals surface area contributed by atoms with Gasteiger partial charge < -0.3 is 21.1 Å². The average molecular weight is 375 g/mol. The number of halogens is 1. The lowest BCUT2D eigenvalue weighted by molar-refractivity contribution is -0.123. The van der Waals surface area contributed by atoms with Crippen LogP contribution < -0.4 is 16.0 Å². The van der Waals surface area contributed by atoms with Gasteiger partial charge in [0.25, 0.3) is 0 Å². The third-order valence-corrected chi connectivity index (χ3v) is 3.86. The Labute approximate surface area is 158 Å². The van der Waals surface area contributed by atoms with E-state index in [1.165, 1.54) is 0 Å². The Kier molecular flexibility index (Phi) is 6.68. The molecule has 1 atom stereocenters. The number of aliphatic hydroxyl groups excluding tert-OH is 1. The Balaban J connectivity index is 2.15. The molecule has 0 bridgehead atoms. The third kappa shape index (κ3) is 5.89. The molecule has 146 valence electrons. The van der Waals surface area contributed by atoms with Gasteiger partial charge in [-0.1, -0.05) is 33.8 Å². The van der Waals surface area contributed by atoms with Crippen LogP contribution in [0, 0.1) is 11.2 Å². The molecule has 0 aliphatic carbocycles. The lowest BCUT2D eigenvalue weighted by Crippen LogP contribution is -2.27. The topological polar surface area (TPSA) is 99.2 Å². The first-order valence-electron chi connectivity index (χ1n) is 8.81. The van der Waals surface area contributed by atoms with Crippen LogP contribution >= 0.6 is 0 Å². The number of hydrogen-bond donors (Lipinski definition) is 4. The van der Waals surface area contributed by atoms with Crippen molar-refractivity contribution in [1.82, 2.24) is 9.97 Å². The molecule has 27 heavy (non-hydrogen) atoms. The van der Waals surface area contributed by atoms with E-state index in [2.05, 4.69) is 25.9 Å². The standard InChI is InChI=1S/C19H26FN5O2/c1-5-12(11-26)22-16-15(20)10-21-18(25-16)24-14-8-6-7-13(9-14)23-17(27)19(2,3)4/h6-10,12,26H,5,11H2,1-4H3,(H,23,27)(H2,21,22,24,25). The molecule has 0 aliphatic heterocycles. The summed E-state index contributed by atoms with van der Waals surface area (Å²) < 4.78 is 13.9. The van der Waals surface area contributed by atoms with Crippen LogP contribution in [-0.2, 0) is 4.79 Å². The van der Waals surface area contributed by atoms with E-state index in [0.717, 1.165) is 6.20 Å². The van der Waals surface area contributed by atoms with Gasteiger partial charge in [0.2, 0.25) is 11.9 Å². The SMILES string of the molecule is CCC(CO)Nc1nc(Nc2cccc(NC(=O)C(C)(C)C)c2)ncc1F. The van der Waals surface area contributed by atoms with Crippen LogP contribution in [0.4, 0.5) is 27.5 Å². The number of carbonyl (C=O) groups is 1. The van der Waals surface area contributed by atoms with Crippen molar-refractivity contribution in [2.24, 2.45) is 5.41 Å². The second-order valence-corrected chi connectivity index (χ2v) is 7.23. The lowest BCUT2D eigenvalue weighted by Gasteiger charge is -2.18. The molecule has 1 aromatic carbocycles. The highest BCUT2D eigenvalue weighted by Gasteiger charge is 2.21. The highest BCUT2D eigenvalue weighted by Crippen LogP contribution is 2.22. The maximum atomic E-state index is 13.9. The van der Waals surface area contributed by atoms with Crippen molar-refractivity contribution in [3.8, 4) is 0 Å². The van der Waals surface area contributed by atoms with E-state index in [1.54, 1.807) is 24.3 Å². The van der Waals surface area contributed by atoms with Crippen molar-refractivity contribution in [2.45, 2.75) is 40.2 Å². The van der Waals surface area contributed by atoms with E-state index in [0.29, 0.717) is 17.8 Å². The maximum absolute atomic E-state index is 13.9. The minimum Gasteiger partial charge on any atom is -0.394 e. The summed E-state index contributed by atoms with van der Waals surface area (Å²) in [5.41, 5.74) is 0.771. The lowest BCUT2D eigenvalue weighted by atomic mass is 9.95. The molecule has 8 heteroatoms. The van der Waals surface area contributed by atoms with Crippen molar-refractivity contribution >= 4 is 29.0 Å². The predicted molar refractivity (Wildman–Crippen MR) is 105 cm³/mol. The monoisotopic (exact) mass is 375 g/mol. The summed E-state index contributed by atoms with van der Waals surface area (Å²) in [6, 6.07) is 6.79. The normalized spacial score (nSPS) is 12.4. The number of carbonyl (C=O) groups excluding carboxylic acids is 1. The summed E-state index contributed by atoms with van der Waals surface area (Å²) in [5, 5.41) is 18.0. The molecule has 1 amide bonds. The van der Waals surface area contributed by atoms with Crippen LogP contribution in [-0.4, -0.2) is 33.6 Å². The number of nitrogens with one attached hydrogen (secondary N) is 3. The molecule has 1 aromatic heterocycles. The van der Waals surface area contributed by atoms with Gasteiger partial charge in [0.1, 0.15) is 0 Å².